The van der Waals surface area contributed by atoms with E-state index in [9.17, 15) is 0 Å². The summed E-state index contributed by atoms with van der Waals surface area (Å²) in [5, 5.41) is 0. The Labute approximate surface area is 240 Å². The molecule has 0 saturated carbocycles. The number of halogens is 2. The van der Waals surface area contributed by atoms with Crippen LogP contribution >= 0.6 is 24.8 Å². The van der Waals surface area contributed by atoms with E-state index in [-0.39, 0.29) is 24.8 Å². The number of hydrogen-bond donors (Lipinski definition) is 0. The average molecular weight is 623 g/mol. The monoisotopic (exact) mass is 620 g/mol. The van der Waals surface area contributed by atoms with Gasteiger partial charge in [-0.3, -0.25) is 0 Å². The summed E-state index contributed by atoms with van der Waals surface area (Å²) in [4.78, 5) is 0. The zero-order chi connectivity index (χ0) is 24.9. The fourth-order valence-corrected chi connectivity index (χ4v) is 27.5. The fraction of sp³-hybridized carbons (Fsp3) is 0.438. The van der Waals surface area contributed by atoms with Crippen molar-refractivity contribution in [2.45, 2.75) is 81.9 Å². The maximum absolute atomic E-state index is 2.74. The van der Waals surface area contributed by atoms with Gasteiger partial charge in [0.05, 0.1) is 0 Å². The Bertz CT molecular complexity index is 1080. The molecule has 0 fully saturated rings. The van der Waals surface area contributed by atoms with Crippen molar-refractivity contribution in [3.05, 3.63) is 85.7 Å². The second kappa shape index (κ2) is 15.1. The second-order valence-corrected chi connectivity index (χ2v) is 34.3. The van der Waals surface area contributed by atoms with Gasteiger partial charge in [-0.25, -0.2) is 0 Å². The van der Waals surface area contributed by atoms with Crippen molar-refractivity contribution >= 4 is 38.3 Å². The van der Waals surface area contributed by atoms with Crippen LogP contribution in [0.1, 0.15) is 88.4 Å². The minimum Gasteiger partial charge on any atom is -0.147 e. The summed E-state index contributed by atoms with van der Waals surface area (Å²) in [6, 6.07) is 18.0. The fourth-order valence-electron chi connectivity index (χ4n) is 6.36. The third-order valence-electron chi connectivity index (χ3n) is 7.97. The van der Waals surface area contributed by atoms with E-state index in [0.717, 1.165) is 3.63 Å². The Morgan fingerprint density at radius 2 is 1.47 bits per heavy atom. The molecule has 3 unspecified atom stereocenters. The van der Waals surface area contributed by atoms with E-state index in [1.807, 2.05) is 3.28 Å². The molecular formula is C32H48Cl2SiZr. The van der Waals surface area contributed by atoms with E-state index >= 15 is 0 Å². The van der Waals surface area contributed by atoms with Crippen LogP contribution in [0.5, 0.6) is 0 Å². The molecule has 0 N–H and O–H groups in total. The second-order valence-electron chi connectivity index (χ2n) is 10.8. The minimum atomic E-state index is -2.49. The van der Waals surface area contributed by atoms with Crippen LogP contribution in [0.3, 0.4) is 0 Å². The molecule has 0 spiro atoms. The standard InChI is InChI=1S/C17H15.C8H11.C6H14.CH3.2ClH.H3Si.Zr/c1-2-13-11-15-9-6-10-16(17(15)12-13)14-7-4-3-5-8-14;1-6-4-7(2)8(3)5-6;1-3-5-6-4-2;;;;;/h3-12H,2H2,1H3;4,6H,1-3H3;3-6H2,1-2H3;1H3;2*1H;1H3;. The summed E-state index contributed by atoms with van der Waals surface area (Å²) in [5.41, 5.74) is 10.7. The van der Waals surface area contributed by atoms with Gasteiger partial charge in [0.25, 0.3) is 0 Å². The van der Waals surface area contributed by atoms with E-state index < -0.39 is 19.4 Å². The molecule has 2 aromatic rings. The van der Waals surface area contributed by atoms with Gasteiger partial charge in [-0.2, -0.15) is 0 Å². The Morgan fingerprint density at radius 3 is 1.97 bits per heavy atom. The summed E-state index contributed by atoms with van der Waals surface area (Å²) in [6.45, 7) is 14.0. The molecule has 3 atom stereocenters. The zero-order valence-corrected chi connectivity index (χ0v) is 29.9. The molecule has 2 aromatic carbocycles. The molecule has 0 aromatic heterocycles. The van der Waals surface area contributed by atoms with Crippen LogP contribution in [-0.2, 0) is 19.4 Å². The van der Waals surface area contributed by atoms with Crippen molar-refractivity contribution in [1.82, 2.24) is 0 Å². The van der Waals surface area contributed by atoms with Gasteiger partial charge in [0.1, 0.15) is 0 Å². The molecule has 2 aliphatic rings. The SMILES string of the molecule is CCC1=Cc2c(-c3ccccc3)cccc2[CH]1[Zr]([CH3])([SiH3])[C]1=C(C)C(C)=CC1C.CCCCCC.Cl.Cl. The van der Waals surface area contributed by atoms with Gasteiger partial charge < -0.3 is 0 Å². The van der Waals surface area contributed by atoms with Crippen LogP contribution in [0, 0.1) is 5.92 Å². The van der Waals surface area contributed by atoms with Gasteiger partial charge in [0.15, 0.2) is 0 Å². The maximum Gasteiger partial charge on any atom is -0.0536 e. The average Bonchev–Trinajstić information content (AvgIpc) is 3.35. The molecule has 0 aliphatic heterocycles. The summed E-state index contributed by atoms with van der Waals surface area (Å²) in [7, 11) is 1.36. The summed E-state index contributed by atoms with van der Waals surface area (Å²) >= 11 is -2.49. The third-order valence-corrected chi connectivity index (χ3v) is 25.2. The van der Waals surface area contributed by atoms with Gasteiger partial charge in [-0.05, 0) is 0 Å². The number of fused-ring (bicyclic) bond motifs is 1. The van der Waals surface area contributed by atoms with Gasteiger partial charge in [-0.15, -0.1) is 24.8 Å². The summed E-state index contributed by atoms with van der Waals surface area (Å²) in [6.07, 6.45) is 11.8. The number of unbranched alkanes of at least 4 members (excludes halogenated alkanes) is 3. The van der Waals surface area contributed by atoms with Crippen molar-refractivity contribution in [1.29, 1.82) is 0 Å². The summed E-state index contributed by atoms with van der Waals surface area (Å²) in [5.74, 6) is 0.651. The molecule has 0 heterocycles. The number of hydrogen-bond acceptors (Lipinski definition) is 0. The number of allylic oxidation sites excluding steroid dienone is 5. The van der Waals surface area contributed by atoms with E-state index in [1.165, 1.54) is 61.7 Å². The van der Waals surface area contributed by atoms with E-state index in [4.69, 9.17) is 0 Å². The molecule has 0 bridgehead atoms. The van der Waals surface area contributed by atoms with E-state index in [2.05, 4.69) is 107 Å². The van der Waals surface area contributed by atoms with Crippen molar-refractivity contribution in [3.8, 4) is 11.1 Å². The van der Waals surface area contributed by atoms with Crippen LogP contribution < -0.4 is 0 Å². The Kier molecular flexibility index (Phi) is 14.0. The normalized spacial score (nSPS) is 19.8. The topological polar surface area (TPSA) is 0 Å². The van der Waals surface area contributed by atoms with Crippen LogP contribution in [0.4, 0.5) is 0 Å². The molecular weight excluding hydrogens is 575 g/mol. The Morgan fingerprint density at radius 1 is 0.861 bits per heavy atom. The van der Waals surface area contributed by atoms with Gasteiger partial charge >= 0.3 is 178 Å². The maximum atomic E-state index is 2.74. The van der Waals surface area contributed by atoms with Crippen molar-refractivity contribution in [3.63, 3.8) is 0 Å². The van der Waals surface area contributed by atoms with Crippen molar-refractivity contribution < 1.29 is 19.4 Å². The van der Waals surface area contributed by atoms with Gasteiger partial charge in [-0.1, -0.05) is 39.5 Å². The first-order valence-electron chi connectivity index (χ1n) is 13.6. The Balaban J connectivity index is 0.000000727. The van der Waals surface area contributed by atoms with Crippen molar-refractivity contribution in [2.24, 2.45) is 5.92 Å². The van der Waals surface area contributed by atoms with Crippen LogP contribution in [-0.4, -0.2) is 7.37 Å². The third kappa shape index (κ3) is 7.05. The van der Waals surface area contributed by atoms with Crippen LogP contribution in [0.15, 0.2) is 74.6 Å². The molecule has 0 radical (unpaired) electrons. The molecule has 36 heavy (non-hydrogen) atoms. The van der Waals surface area contributed by atoms with Crippen LogP contribution in [0.25, 0.3) is 17.2 Å². The molecule has 4 rings (SSSR count). The predicted molar refractivity (Wildman–Crippen MR) is 169 cm³/mol. The quantitative estimate of drug-likeness (QED) is 0.213. The molecule has 4 heteroatoms. The van der Waals surface area contributed by atoms with E-state index in [1.54, 1.807) is 16.7 Å². The van der Waals surface area contributed by atoms with Gasteiger partial charge in [0, 0.05) is 0 Å². The van der Waals surface area contributed by atoms with Crippen LogP contribution in [0.2, 0.25) is 4.63 Å². The first-order chi connectivity index (χ1) is 16.3. The largest absolute Gasteiger partial charge is 0.147 e. The minimum absolute atomic E-state index is 0. The molecule has 0 nitrogen and oxygen atoms in total. The predicted octanol–water partition coefficient (Wildman–Crippen LogP) is 9.98. The molecule has 198 valence electrons. The molecule has 0 saturated heterocycles. The van der Waals surface area contributed by atoms with Gasteiger partial charge in [0.2, 0.25) is 0 Å². The number of rotatable bonds is 7. The summed E-state index contributed by atoms with van der Waals surface area (Å²) < 4.78 is 5.35. The van der Waals surface area contributed by atoms with E-state index in [0.29, 0.717) is 5.92 Å². The zero-order valence-electron chi connectivity index (χ0n) is 23.8. The smallest absolute Gasteiger partial charge is 0.0536 e. The molecule has 2 aliphatic carbocycles. The van der Waals surface area contributed by atoms with Crippen molar-refractivity contribution in [2.75, 3.05) is 0 Å². The Hall–Kier alpha value is -0.660. The first kappa shape index (κ1) is 33.4. The molecule has 0 amide bonds. The number of benzene rings is 2. The first-order valence-corrected chi connectivity index (χ1v) is 27.0.